The van der Waals surface area contributed by atoms with Crippen LogP contribution in [0.25, 0.3) is 0 Å². The number of aromatic nitrogens is 3. The zero-order valence-corrected chi connectivity index (χ0v) is 13.5. The molecule has 23 heavy (non-hydrogen) atoms. The molecule has 122 valence electrons. The molecule has 1 aliphatic heterocycles. The summed E-state index contributed by atoms with van der Waals surface area (Å²) in [6.07, 6.45) is 12.3. The Balaban J connectivity index is 1.37. The quantitative estimate of drug-likeness (QED) is 0.873. The van der Waals surface area contributed by atoms with Crippen LogP contribution in [0.4, 0.5) is 0 Å². The molecule has 3 aliphatic carbocycles. The summed E-state index contributed by atoms with van der Waals surface area (Å²) in [6.45, 7) is 1.75. The number of carbonyl (C=O) groups excluding carboxylic acids is 1. The van der Waals surface area contributed by atoms with Crippen LogP contribution in [0.5, 0.6) is 0 Å². The maximum absolute atomic E-state index is 12.8. The van der Waals surface area contributed by atoms with Crippen molar-refractivity contribution in [3.8, 4) is 0 Å². The molecule has 2 saturated carbocycles. The van der Waals surface area contributed by atoms with Crippen LogP contribution in [0.15, 0.2) is 12.2 Å². The van der Waals surface area contributed by atoms with Crippen molar-refractivity contribution in [1.29, 1.82) is 0 Å². The summed E-state index contributed by atoms with van der Waals surface area (Å²) in [6, 6.07) is 0. The minimum absolute atomic E-state index is 0.183. The predicted molar refractivity (Wildman–Crippen MR) is 85.8 cm³/mol. The number of nitrogens with one attached hydrogen (secondary N) is 1. The number of aromatic amines is 1. The van der Waals surface area contributed by atoms with E-state index in [4.69, 9.17) is 4.98 Å². The van der Waals surface area contributed by atoms with Crippen molar-refractivity contribution in [2.24, 2.45) is 11.3 Å². The van der Waals surface area contributed by atoms with Crippen molar-refractivity contribution >= 4 is 5.91 Å². The molecular formula is C18H24N4O. The van der Waals surface area contributed by atoms with Crippen LogP contribution >= 0.6 is 0 Å². The van der Waals surface area contributed by atoms with Gasteiger partial charge < -0.3 is 4.90 Å². The minimum atomic E-state index is 0.183. The number of amides is 1. The number of hydrogen-bond donors (Lipinski definition) is 1. The first-order valence-corrected chi connectivity index (χ1v) is 9.11. The molecule has 0 radical (unpaired) electrons. The summed E-state index contributed by atoms with van der Waals surface area (Å²) in [5.41, 5.74) is 0.266. The fourth-order valence-corrected chi connectivity index (χ4v) is 4.70. The van der Waals surface area contributed by atoms with E-state index in [-0.39, 0.29) is 11.3 Å². The normalized spacial score (nSPS) is 29.4. The molecule has 1 saturated heterocycles. The van der Waals surface area contributed by atoms with E-state index < -0.39 is 0 Å². The fraction of sp³-hybridized carbons (Fsp3) is 0.722. The Bertz CT molecular complexity index is 648. The lowest BCUT2D eigenvalue weighted by molar-refractivity contribution is -0.134. The number of H-pyrrole nitrogens is 1. The van der Waals surface area contributed by atoms with Gasteiger partial charge in [0.2, 0.25) is 5.91 Å². The lowest BCUT2D eigenvalue weighted by atomic mass is 9.62. The molecule has 1 aromatic rings. The smallest absolute Gasteiger partial charge is 0.226 e. The second kappa shape index (κ2) is 4.92. The third-order valence-electron chi connectivity index (χ3n) is 6.46. The molecule has 1 unspecified atom stereocenters. The van der Waals surface area contributed by atoms with E-state index in [1.54, 1.807) is 0 Å². The van der Waals surface area contributed by atoms with Gasteiger partial charge in [-0.15, -0.1) is 0 Å². The summed E-state index contributed by atoms with van der Waals surface area (Å²) in [5, 5.41) is 7.65. The van der Waals surface area contributed by atoms with Crippen LogP contribution in [-0.4, -0.2) is 39.1 Å². The Morgan fingerprint density at radius 1 is 1.26 bits per heavy atom. The molecule has 3 fully saturated rings. The SMILES string of the molecule is O=C(C1CC=CC1)N1CC(c2nc(C3CC3)n[nH]2)C2(CCC2)C1. The summed E-state index contributed by atoms with van der Waals surface area (Å²) < 4.78 is 0. The van der Waals surface area contributed by atoms with Gasteiger partial charge >= 0.3 is 0 Å². The number of hydrogen-bond acceptors (Lipinski definition) is 3. The average molecular weight is 312 g/mol. The molecule has 5 heteroatoms. The van der Waals surface area contributed by atoms with Crippen LogP contribution in [0, 0.1) is 11.3 Å². The first kappa shape index (κ1) is 13.8. The van der Waals surface area contributed by atoms with E-state index in [2.05, 4.69) is 27.2 Å². The van der Waals surface area contributed by atoms with Crippen LogP contribution in [0.3, 0.4) is 0 Å². The van der Waals surface area contributed by atoms with E-state index >= 15 is 0 Å². The maximum atomic E-state index is 12.8. The molecule has 1 atom stereocenters. The second-order valence-corrected chi connectivity index (χ2v) is 7.98. The van der Waals surface area contributed by atoms with Crippen molar-refractivity contribution < 1.29 is 4.79 Å². The van der Waals surface area contributed by atoms with Gasteiger partial charge in [-0.2, -0.15) is 5.10 Å². The number of likely N-dealkylation sites (tertiary alicyclic amines) is 1. The van der Waals surface area contributed by atoms with Crippen molar-refractivity contribution in [2.45, 2.75) is 56.8 Å². The van der Waals surface area contributed by atoms with Gasteiger partial charge in [0.25, 0.3) is 0 Å². The molecule has 1 aromatic heterocycles. The van der Waals surface area contributed by atoms with Gasteiger partial charge in [0.15, 0.2) is 5.82 Å². The van der Waals surface area contributed by atoms with Gasteiger partial charge in [0.1, 0.15) is 5.82 Å². The van der Waals surface area contributed by atoms with Crippen molar-refractivity contribution in [3.05, 3.63) is 23.8 Å². The number of rotatable bonds is 3. The number of carbonyl (C=O) groups is 1. The topological polar surface area (TPSA) is 61.9 Å². The standard InChI is InChI=1S/C18H24N4O/c23-17(13-4-1-2-5-13)22-10-14(18(11-22)8-3-9-18)16-19-15(20-21-16)12-6-7-12/h1-2,12-14H,3-11H2,(H,19,20,21). The summed E-state index contributed by atoms with van der Waals surface area (Å²) in [4.78, 5) is 19.7. The van der Waals surface area contributed by atoms with Gasteiger partial charge in [0.05, 0.1) is 0 Å². The average Bonchev–Trinajstić information content (AvgIpc) is 3.01. The number of nitrogens with zero attached hydrogens (tertiary/aromatic N) is 3. The van der Waals surface area contributed by atoms with Crippen LogP contribution in [-0.2, 0) is 4.79 Å². The zero-order chi connectivity index (χ0) is 15.4. The molecule has 1 amide bonds. The molecule has 5 nitrogen and oxygen atoms in total. The largest absolute Gasteiger partial charge is 0.341 e. The summed E-state index contributed by atoms with van der Waals surface area (Å²) >= 11 is 0. The van der Waals surface area contributed by atoms with Gasteiger partial charge in [0, 0.05) is 30.8 Å². The minimum Gasteiger partial charge on any atom is -0.341 e. The Labute approximate surface area is 136 Å². The van der Waals surface area contributed by atoms with Gasteiger partial charge in [-0.1, -0.05) is 18.6 Å². The van der Waals surface area contributed by atoms with E-state index in [1.807, 2.05) is 0 Å². The molecular weight excluding hydrogens is 288 g/mol. The third-order valence-corrected chi connectivity index (χ3v) is 6.46. The van der Waals surface area contributed by atoms with Gasteiger partial charge in [-0.05, 0) is 43.9 Å². The number of allylic oxidation sites excluding steroid dienone is 2. The van der Waals surface area contributed by atoms with Crippen LogP contribution < -0.4 is 0 Å². The predicted octanol–water partition coefficient (Wildman–Crippen LogP) is 2.74. The molecule has 0 aromatic carbocycles. The van der Waals surface area contributed by atoms with E-state index in [1.165, 1.54) is 32.1 Å². The lowest BCUT2D eigenvalue weighted by Crippen LogP contribution is -2.39. The van der Waals surface area contributed by atoms with Crippen molar-refractivity contribution in [3.63, 3.8) is 0 Å². The zero-order valence-electron chi connectivity index (χ0n) is 13.5. The Morgan fingerprint density at radius 3 is 2.70 bits per heavy atom. The monoisotopic (exact) mass is 312 g/mol. The van der Waals surface area contributed by atoms with Gasteiger partial charge in [-0.3, -0.25) is 9.89 Å². The lowest BCUT2D eigenvalue weighted by Gasteiger charge is -2.41. The Kier molecular flexibility index (Phi) is 2.94. The first-order valence-electron chi connectivity index (χ1n) is 9.11. The molecule has 1 N–H and O–H groups in total. The van der Waals surface area contributed by atoms with E-state index in [0.717, 1.165) is 37.6 Å². The molecule has 5 rings (SSSR count). The fourth-order valence-electron chi connectivity index (χ4n) is 4.70. The van der Waals surface area contributed by atoms with Crippen LogP contribution in [0.2, 0.25) is 0 Å². The highest BCUT2D eigenvalue weighted by Gasteiger charge is 2.53. The molecule has 0 bridgehead atoms. The van der Waals surface area contributed by atoms with Gasteiger partial charge in [-0.25, -0.2) is 4.98 Å². The van der Waals surface area contributed by atoms with Crippen LogP contribution in [0.1, 0.15) is 68.4 Å². The summed E-state index contributed by atoms with van der Waals surface area (Å²) in [5.74, 6) is 3.51. The highest BCUT2D eigenvalue weighted by atomic mass is 16.2. The van der Waals surface area contributed by atoms with E-state index in [0.29, 0.717) is 17.7 Å². The molecule has 1 spiro atoms. The first-order chi connectivity index (χ1) is 11.3. The Morgan fingerprint density at radius 2 is 2.04 bits per heavy atom. The molecule has 4 aliphatic rings. The van der Waals surface area contributed by atoms with Crippen molar-refractivity contribution in [1.82, 2.24) is 20.1 Å². The maximum Gasteiger partial charge on any atom is 0.226 e. The summed E-state index contributed by atoms with van der Waals surface area (Å²) in [7, 11) is 0. The third kappa shape index (κ3) is 2.16. The highest BCUT2D eigenvalue weighted by molar-refractivity contribution is 5.80. The second-order valence-electron chi connectivity index (χ2n) is 7.98. The molecule has 2 heterocycles. The van der Waals surface area contributed by atoms with E-state index in [9.17, 15) is 4.79 Å². The van der Waals surface area contributed by atoms with Crippen molar-refractivity contribution in [2.75, 3.05) is 13.1 Å². The highest BCUT2D eigenvalue weighted by Crippen LogP contribution is 2.55. The Hall–Kier alpha value is -1.65.